The Balaban J connectivity index is 1.77. The zero-order chi connectivity index (χ0) is 31.0. The molecule has 1 aliphatic rings. The van der Waals surface area contributed by atoms with Crippen LogP contribution in [0, 0.1) is 0 Å². The number of hydrogen-bond donors (Lipinski definition) is 7. The second-order valence-electron chi connectivity index (χ2n) is 9.70. The number of carbonyl (C=O) groups is 3. The molecule has 0 amide bonds. The molecule has 0 aliphatic heterocycles. The van der Waals surface area contributed by atoms with Crippen LogP contribution in [-0.4, -0.2) is 90.3 Å². The number of ether oxygens (including phenoxy) is 3. The van der Waals surface area contributed by atoms with Gasteiger partial charge in [-0.1, -0.05) is 19.1 Å². The van der Waals surface area contributed by atoms with Crippen LogP contribution in [0.2, 0.25) is 0 Å². The number of aliphatic hydroxyl groups excluding tert-OH is 2. The zero-order valence-electron chi connectivity index (χ0n) is 22.5. The average molecular weight is 589 g/mol. The minimum atomic E-state index is -2.37. The Morgan fingerprint density at radius 1 is 0.857 bits per heavy atom. The Bertz CT molecular complexity index is 1260. The molecule has 7 N–H and O–H groups in total. The lowest BCUT2D eigenvalue weighted by atomic mass is 9.79. The smallest absolute Gasteiger partial charge is 0.338 e. The van der Waals surface area contributed by atoms with Crippen LogP contribution in [0.15, 0.2) is 48.6 Å². The number of phenols is 4. The molecule has 0 bridgehead atoms. The monoisotopic (exact) mass is 588 g/mol. The molecule has 1 unspecified atom stereocenters. The third-order valence-electron chi connectivity index (χ3n) is 6.46. The van der Waals surface area contributed by atoms with Crippen molar-refractivity contribution in [3.05, 3.63) is 59.7 Å². The minimum Gasteiger partial charge on any atom is -0.504 e. The fraction of sp³-hybridized carbons (Fsp3) is 0.345. The Morgan fingerprint density at radius 2 is 1.31 bits per heavy atom. The summed E-state index contributed by atoms with van der Waals surface area (Å²) in [6, 6.07) is 7.55. The Labute approximate surface area is 240 Å². The highest BCUT2D eigenvalue weighted by Crippen LogP contribution is 2.34. The number of carbonyl (C=O) groups excluding carboxylic acids is 3. The molecule has 1 saturated carbocycles. The molecule has 42 heavy (non-hydrogen) atoms. The van der Waals surface area contributed by atoms with Crippen molar-refractivity contribution in [1.29, 1.82) is 0 Å². The van der Waals surface area contributed by atoms with Gasteiger partial charge in [-0.15, -0.1) is 0 Å². The topological polar surface area (TPSA) is 221 Å². The number of benzene rings is 2. The number of esters is 3. The fourth-order valence-electron chi connectivity index (χ4n) is 4.04. The van der Waals surface area contributed by atoms with Crippen molar-refractivity contribution >= 4 is 30.1 Å². The number of hydrogen-bond acceptors (Lipinski definition) is 13. The lowest BCUT2D eigenvalue weighted by Crippen LogP contribution is -2.58. The van der Waals surface area contributed by atoms with Crippen LogP contribution in [0.4, 0.5) is 0 Å². The average Bonchev–Trinajstić information content (AvgIpc) is 2.95. The van der Waals surface area contributed by atoms with E-state index in [1.165, 1.54) is 48.6 Å². The van der Waals surface area contributed by atoms with Crippen LogP contribution in [0.25, 0.3) is 12.2 Å². The Morgan fingerprint density at radius 3 is 1.71 bits per heavy atom. The van der Waals surface area contributed by atoms with E-state index in [1.807, 2.05) is 0 Å². The highest BCUT2D eigenvalue weighted by atomic mass is 16.6. The van der Waals surface area contributed by atoms with Gasteiger partial charge in [-0.2, -0.15) is 0 Å². The molecule has 1 aliphatic carbocycles. The van der Waals surface area contributed by atoms with Gasteiger partial charge >= 0.3 is 17.9 Å². The first-order valence-corrected chi connectivity index (χ1v) is 12.9. The van der Waals surface area contributed by atoms with Crippen molar-refractivity contribution in [1.82, 2.24) is 0 Å². The summed E-state index contributed by atoms with van der Waals surface area (Å²) in [5.74, 6) is -4.79. The summed E-state index contributed by atoms with van der Waals surface area (Å²) in [7, 11) is 0. The van der Waals surface area contributed by atoms with Crippen molar-refractivity contribution in [2.75, 3.05) is 6.61 Å². The molecule has 13 heteroatoms. The predicted molar refractivity (Wildman–Crippen MR) is 145 cm³/mol. The predicted octanol–water partition coefficient (Wildman–Crippen LogP) is 1.26. The molecule has 0 spiro atoms. The molecule has 3 rings (SSSR count). The van der Waals surface area contributed by atoms with Gasteiger partial charge in [0.15, 0.2) is 28.6 Å². The first-order chi connectivity index (χ1) is 19.8. The maximum Gasteiger partial charge on any atom is 0.338 e. The highest BCUT2D eigenvalue weighted by Gasteiger charge is 2.53. The molecular weight excluding hydrogens is 556 g/mol. The van der Waals surface area contributed by atoms with Crippen molar-refractivity contribution in [3.8, 4) is 23.0 Å². The van der Waals surface area contributed by atoms with Gasteiger partial charge in [-0.3, -0.25) is 0 Å². The Kier molecular flexibility index (Phi) is 10.5. The van der Waals surface area contributed by atoms with Crippen LogP contribution in [-0.2, 0) is 28.6 Å². The van der Waals surface area contributed by atoms with Crippen LogP contribution in [0.5, 0.6) is 23.0 Å². The molecule has 0 aromatic heterocycles. The Hall–Kier alpha value is -4.59. The molecule has 226 valence electrons. The van der Waals surface area contributed by atoms with E-state index >= 15 is 0 Å². The molecule has 3 atom stereocenters. The number of rotatable bonds is 10. The number of aromatic hydroxyl groups is 4. The van der Waals surface area contributed by atoms with Gasteiger partial charge in [0.1, 0.15) is 24.9 Å². The highest BCUT2D eigenvalue weighted by molar-refractivity contribution is 5.88. The van der Waals surface area contributed by atoms with E-state index in [1.54, 1.807) is 6.92 Å². The van der Waals surface area contributed by atoms with Gasteiger partial charge in [0.2, 0.25) is 0 Å². The van der Waals surface area contributed by atoms with Gasteiger partial charge in [0, 0.05) is 25.0 Å². The summed E-state index contributed by atoms with van der Waals surface area (Å²) in [5, 5.41) is 69.8. The summed E-state index contributed by atoms with van der Waals surface area (Å²) >= 11 is 0. The number of phenolic OH excluding ortho intramolecular Hbond substituents is 4. The quantitative estimate of drug-likeness (QED) is 0.0900. The van der Waals surface area contributed by atoms with Crippen LogP contribution >= 0.6 is 0 Å². The van der Waals surface area contributed by atoms with E-state index in [0.717, 1.165) is 12.2 Å². The van der Waals surface area contributed by atoms with Crippen LogP contribution in [0.3, 0.4) is 0 Å². The summed E-state index contributed by atoms with van der Waals surface area (Å²) < 4.78 is 15.6. The summed E-state index contributed by atoms with van der Waals surface area (Å²) in [4.78, 5) is 37.9. The first kappa shape index (κ1) is 31.9. The molecule has 2 aromatic carbocycles. The second kappa shape index (κ2) is 13.9. The maximum atomic E-state index is 12.8. The molecular formula is C29H32O13. The minimum absolute atomic E-state index is 0.265. The third kappa shape index (κ3) is 8.46. The maximum absolute atomic E-state index is 12.8. The molecule has 1 fully saturated rings. The molecule has 2 aromatic rings. The van der Waals surface area contributed by atoms with Gasteiger partial charge in [-0.05, 0) is 54.0 Å². The lowest BCUT2D eigenvalue weighted by Gasteiger charge is -2.41. The SMILES string of the molecule is CCC(O)COC(=O)[C@]1(O)C[C@@H](OC(=O)/C=C/c2ccc(O)c(O)c2)[C@@H](O)[C@H](OC(=O)/C=C/c2ccc(O)c(O)c2)C1. The third-order valence-corrected chi connectivity index (χ3v) is 6.46. The van der Waals surface area contributed by atoms with E-state index in [9.17, 15) is 50.1 Å². The van der Waals surface area contributed by atoms with Gasteiger partial charge in [0.25, 0.3) is 0 Å². The molecule has 0 saturated heterocycles. The zero-order valence-corrected chi connectivity index (χ0v) is 22.5. The second-order valence-corrected chi connectivity index (χ2v) is 9.70. The first-order valence-electron chi connectivity index (χ1n) is 12.9. The fourth-order valence-corrected chi connectivity index (χ4v) is 4.04. The van der Waals surface area contributed by atoms with Crippen molar-refractivity contribution in [2.45, 2.75) is 56.2 Å². The van der Waals surface area contributed by atoms with Crippen molar-refractivity contribution < 1.29 is 64.3 Å². The lowest BCUT2D eigenvalue weighted by molar-refractivity contribution is -0.207. The van der Waals surface area contributed by atoms with Gasteiger partial charge < -0.3 is 50.0 Å². The largest absolute Gasteiger partial charge is 0.504 e. The van der Waals surface area contributed by atoms with Crippen LogP contribution in [0.1, 0.15) is 37.3 Å². The van der Waals surface area contributed by atoms with Gasteiger partial charge in [0.05, 0.1) is 6.10 Å². The van der Waals surface area contributed by atoms with E-state index in [2.05, 4.69) is 0 Å². The van der Waals surface area contributed by atoms with E-state index in [0.29, 0.717) is 11.1 Å². The van der Waals surface area contributed by atoms with Crippen molar-refractivity contribution in [2.24, 2.45) is 0 Å². The molecule has 0 radical (unpaired) electrons. The summed E-state index contributed by atoms with van der Waals surface area (Å²) in [6.45, 7) is 1.22. The van der Waals surface area contributed by atoms with Gasteiger partial charge in [-0.25, -0.2) is 14.4 Å². The normalized spacial score (nSPS) is 23.0. The summed E-state index contributed by atoms with van der Waals surface area (Å²) in [5.41, 5.74) is -1.73. The number of aliphatic hydroxyl groups is 3. The van der Waals surface area contributed by atoms with E-state index in [4.69, 9.17) is 14.2 Å². The van der Waals surface area contributed by atoms with Crippen LogP contribution < -0.4 is 0 Å². The molecule has 13 nitrogen and oxygen atoms in total. The standard InChI is InChI=1S/C29H32O13/c1-2-18(30)15-40-28(38)29(39)13-23(41-25(35)9-5-16-3-7-19(31)21(33)11-16)27(37)24(14-29)42-26(36)10-6-17-4-8-20(32)22(34)12-17/h3-12,18,23-24,27,30-34,37,39H,2,13-15H2,1H3/b9-5+,10-6+/t18?,23-,24-,27-,29+/m1/s1. The van der Waals surface area contributed by atoms with E-state index < -0.39 is 78.9 Å². The molecule has 0 heterocycles. The van der Waals surface area contributed by atoms with E-state index in [-0.39, 0.29) is 17.9 Å². The summed E-state index contributed by atoms with van der Waals surface area (Å²) in [6.07, 6.45) is -2.37. The van der Waals surface area contributed by atoms with Crippen molar-refractivity contribution in [3.63, 3.8) is 0 Å².